The molecule has 1 amide bonds. The van der Waals surface area contributed by atoms with Crippen LogP contribution >= 0.6 is 0 Å². The molecule has 7 nitrogen and oxygen atoms in total. The molecule has 20 heavy (non-hydrogen) atoms. The number of halogens is 3. The monoisotopic (exact) mass is 284 g/mol. The summed E-state index contributed by atoms with van der Waals surface area (Å²) in [4.78, 5) is 11.8. The lowest BCUT2D eigenvalue weighted by Gasteiger charge is -2.03. The van der Waals surface area contributed by atoms with E-state index in [2.05, 4.69) is 15.5 Å². The quantitative estimate of drug-likeness (QED) is 0.867. The fraction of sp³-hybridized carbons (Fsp3) is 0.200. The first-order valence-electron chi connectivity index (χ1n) is 5.19. The highest BCUT2D eigenvalue weighted by molar-refractivity contribution is 6.03. The number of aromatic amines is 1. The van der Waals surface area contributed by atoms with Crippen molar-refractivity contribution in [3.63, 3.8) is 0 Å². The molecule has 0 bridgehead atoms. The number of anilines is 1. The van der Waals surface area contributed by atoms with Crippen molar-refractivity contribution < 1.29 is 18.0 Å². The molecule has 0 radical (unpaired) electrons. The van der Waals surface area contributed by atoms with Crippen LogP contribution < -0.4 is 5.32 Å². The highest BCUT2D eigenvalue weighted by atomic mass is 19.4. The Morgan fingerprint density at radius 2 is 2.25 bits per heavy atom. The molecule has 2 N–H and O–H groups in total. The SMILES string of the molecule is Cn1ncc(C#N)c1NC(=O)c1cc(C(F)(F)F)[nH]n1. The van der Waals surface area contributed by atoms with Crippen LogP contribution in [0.5, 0.6) is 0 Å². The van der Waals surface area contributed by atoms with E-state index in [1.807, 2.05) is 0 Å². The van der Waals surface area contributed by atoms with E-state index in [0.717, 1.165) is 0 Å². The number of nitriles is 1. The van der Waals surface area contributed by atoms with Crippen molar-refractivity contribution in [2.24, 2.45) is 7.05 Å². The molecule has 0 aliphatic carbocycles. The number of hydrogen-bond acceptors (Lipinski definition) is 4. The van der Waals surface area contributed by atoms with Crippen LogP contribution in [-0.4, -0.2) is 25.9 Å². The Bertz CT molecular complexity index is 693. The number of nitrogens with one attached hydrogen (secondary N) is 2. The first kappa shape index (κ1) is 13.6. The average molecular weight is 284 g/mol. The minimum Gasteiger partial charge on any atom is -0.304 e. The zero-order chi connectivity index (χ0) is 14.9. The van der Waals surface area contributed by atoms with Crippen LogP contribution in [0.4, 0.5) is 19.0 Å². The Morgan fingerprint density at radius 3 is 2.80 bits per heavy atom. The van der Waals surface area contributed by atoms with E-state index >= 15 is 0 Å². The summed E-state index contributed by atoms with van der Waals surface area (Å²) in [5, 5.41) is 19.8. The molecule has 0 atom stereocenters. The number of aryl methyl sites for hydroxylation is 1. The molecule has 10 heteroatoms. The van der Waals surface area contributed by atoms with Crippen LogP contribution in [0.25, 0.3) is 0 Å². The zero-order valence-corrected chi connectivity index (χ0v) is 9.99. The largest absolute Gasteiger partial charge is 0.432 e. The lowest BCUT2D eigenvalue weighted by molar-refractivity contribution is -0.141. The summed E-state index contributed by atoms with van der Waals surface area (Å²) in [5.74, 6) is -0.800. The Morgan fingerprint density at radius 1 is 1.55 bits per heavy atom. The maximum Gasteiger partial charge on any atom is 0.432 e. The number of carbonyl (C=O) groups is 1. The number of H-pyrrole nitrogens is 1. The number of nitrogens with zero attached hydrogens (tertiary/aromatic N) is 4. The second-order valence-corrected chi connectivity index (χ2v) is 3.76. The van der Waals surface area contributed by atoms with Crippen molar-refractivity contribution in [1.82, 2.24) is 20.0 Å². The molecule has 0 saturated carbocycles. The second kappa shape index (κ2) is 4.69. The molecule has 104 valence electrons. The third kappa shape index (κ3) is 2.46. The number of rotatable bonds is 2. The van der Waals surface area contributed by atoms with Crippen LogP contribution in [0, 0.1) is 11.3 Å². The summed E-state index contributed by atoms with van der Waals surface area (Å²) in [6, 6.07) is 2.38. The minimum absolute atomic E-state index is 0.0778. The van der Waals surface area contributed by atoms with Gasteiger partial charge in [-0.1, -0.05) is 0 Å². The molecule has 0 saturated heterocycles. The first-order valence-corrected chi connectivity index (χ1v) is 5.19. The average Bonchev–Trinajstić information content (AvgIpc) is 2.97. The Kier molecular flexibility index (Phi) is 3.19. The smallest absolute Gasteiger partial charge is 0.304 e. The molecule has 2 aromatic rings. The molecule has 0 aliphatic rings. The Labute approximate surface area is 110 Å². The van der Waals surface area contributed by atoms with E-state index in [-0.39, 0.29) is 11.4 Å². The predicted molar refractivity (Wildman–Crippen MR) is 59.5 cm³/mol. The van der Waals surface area contributed by atoms with Gasteiger partial charge in [0.05, 0.1) is 6.20 Å². The summed E-state index contributed by atoms with van der Waals surface area (Å²) in [5.41, 5.74) is -1.48. The van der Waals surface area contributed by atoms with E-state index in [4.69, 9.17) is 5.26 Å². The van der Waals surface area contributed by atoms with Gasteiger partial charge in [-0.05, 0) is 0 Å². The fourth-order valence-corrected chi connectivity index (χ4v) is 1.42. The van der Waals surface area contributed by atoms with Gasteiger partial charge in [0.2, 0.25) is 0 Å². The van der Waals surface area contributed by atoms with Crippen molar-refractivity contribution in [3.05, 3.63) is 29.2 Å². The molecule has 0 aromatic carbocycles. The van der Waals surface area contributed by atoms with Gasteiger partial charge in [0.25, 0.3) is 5.91 Å². The van der Waals surface area contributed by atoms with Gasteiger partial charge in [-0.25, -0.2) is 0 Å². The van der Waals surface area contributed by atoms with Crippen molar-refractivity contribution in [2.75, 3.05) is 5.32 Å². The molecule has 0 spiro atoms. The second-order valence-electron chi connectivity index (χ2n) is 3.76. The van der Waals surface area contributed by atoms with E-state index in [9.17, 15) is 18.0 Å². The predicted octanol–water partition coefficient (Wildman–Crippen LogP) is 1.29. The molecular weight excluding hydrogens is 277 g/mol. The van der Waals surface area contributed by atoms with E-state index in [1.54, 1.807) is 11.2 Å². The van der Waals surface area contributed by atoms with E-state index in [1.165, 1.54) is 17.9 Å². The maximum absolute atomic E-state index is 12.4. The Balaban J connectivity index is 2.23. The maximum atomic E-state index is 12.4. The van der Waals surface area contributed by atoms with Crippen LogP contribution in [0.15, 0.2) is 12.3 Å². The molecule has 2 aromatic heterocycles. The highest BCUT2D eigenvalue weighted by Crippen LogP contribution is 2.27. The molecular formula is C10H7F3N6O. The van der Waals surface area contributed by atoms with E-state index < -0.39 is 23.5 Å². The molecule has 0 unspecified atom stereocenters. The number of hydrogen-bond donors (Lipinski definition) is 2. The summed E-state index contributed by atoms with van der Waals surface area (Å²) in [6.07, 6.45) is -3.39. The van der Waals surface area contributed by atoms with Crippen molar-refractivity contribution in [2.45, 2.75) is 6.18 Å². The molecule has 0 fully saturated rings. The van der Waals surface area contributed by atoms with Gasteiger partial charge >= 0.3 is 6.18 Å². The lowest BCUT2D eigenvalue weighted by Crippen LogP contribution is -2.15. The summed E-state index contributed by atoms with van der Waals surface area (Å²) >= 11 is 0. The molecule has 0 aliphatic heterocycles. The van der Waals surface area contributed by atoms with Crippen molar-refractivity contribution >= 4 is 11.7 Å². The number of carbonyl (C=O) groups excluding carboxylic acids is 1. The van der Waals surface area contributed by atoms with Gasteiger partial charge in [0.15, 0.2) is 5.69 Å². The molecule has 2 heterocycles. The van der Waals surface area contributed by atoms with Gasteiger partial charge in [-0.3, -0.25) is 14.6 Å². The third-order valence-corrected chi connectivity index (χ3v) is 2.41. The van der Waals surface area contributed by atoms with Crippen LogP contribution in [0.3, 0.4) is 0 Å². The first-order chi connectivity index (χ1) is 9.32. The molecule has 2 rings (SSSR count). The summed E-state index contributed by atoms with van der Waals surface area (Å²) in [7, 11) is 1.47. The van der Waals surface area contributed by atoms with Crippen LogP contribution in [-0.2, 0) is 13.2 Å². The van der Waals surface area contributed by atoms with Crippen LogP contribution in [0.2, 0.25) is 0 Å². The standard InChI is InChI=1S/C10H7F3N6O/c1-19-8(5(3-14)4-15-19)16-9(20)6-2-7(18-17-6)10(11,12)13/h2,4H,1H3,(H,16,20)(H,17,18). The Hall–Kier alpha value is -2.83. The van der Waals surface area contributed by atoms with Gasteiger partial charge < -0.3 is 5.32 Å². The highest BCUT2D eigenvalue weighted by Gasteiger charge is 2.33. The normalized spacial score (nSPS) is 11.2. The van der Waals surface area contributed by atoms with E-state index in [0.29, 0.717) is 6.07 Å². The lowest BCUT2D eigenvalue weighted by atomic mass is 10.3. The number of aromatic nitrogens is 4. The summed E-state index contributed by atoms with van der Waals surface area (Å²) < 4.78 is 38.3. The van der Waals surface area contributed by atoms with Crippen LogP contribution in [0.1, 0.15) is 21.7 Å². The van der Waals surface area contributed by atoms with Crippen molar-refractivity contribution in [1.29, 1.82) is 5.26 Å². The number of amides is 1. The van der Waals surface area contributed by atoms with Gasteiger partial charge in [-0.2, -0.15) is 28.6 Å². The van der Waals surface area contributed by atoms with Gasteiger partial charge in [0.1, 0.15) is 23.1 Å². The van der Waals surface area contributed by atoms with Gasteiger partial charge in [-0.15, -0.1) is 0 Å². The van der Waals surface area contributed by atoms with Gasteiger partial charge in [0, 0.05) is 13.1 Å². The fourth-order valence-electron chi connectivity index (χ4n) is 1.42. The topological polar surface area (TPSA) is 99.4 Å². The zero-order valence-electron chi connectivity index (χ0n) is 9.99. The third-order valence-electron chi connectivity index (χ3n) is 2.41. The summed E-state index contributed by atoms with van der Waals surface area (Å²) in [6.45, 7) is 0. The van der Waals surface area contributed by atoms with Crippen molar-refractivity contribution in [3.8, 4) is 6.07 Å². The number of alkyl halides is 3. The minimum atomic E-state index is -4.62.